The van der Waals surface area contributed by atoms with E-state index < -0.39 is 10.0 Å². The number of nitrogens with one attached hydrogen (secondary N) is 2. The number of rotatable bonds is 5. The molecule has 0 spiro atoms. The van der Waals surface area contributed by atoms with Gasteiger partial charge in [0, 0.05) is 24.3 Å². The summed E-state index contributed by atoms with van der Waals surface area (Å²) < 4.78 is 26.3. The number of aromatic amines is 1. The normalized spacial score (nSPS) is 11.9. The lowest BCUT2D eigenvalue weighted by Gasteiger charge is -2.07. The fourth-order valence-corrected chi connectivity index (χ4v) is 3.31. The van der Waals surface area contributed by atoms with E-state index in [1.807, 2.05) is 18.3 Å². The molecule has 0 radical (unpaired) electrons. The van der Waals surface area contributed by atoms with Crippen LogP contribution in [0.1, 0.15) is 0 Å². The third-order valence-electron chi connectivity index (χ3n) is 3.34. The van der Waals surface area contributed by atoms with E-state index in [0.29, 0.717) is 0 Å². The van der Waals surface area contributed by atoms with Gasteiger partial charge in [0.2, 0.25) is 10.0 Å². The van der Waals surface area contributed by atoms with Crippen molar-refractivity contribution in [3.8, 4) is 11.1 Å². The van der Waals surface area contributed by atoms with Crippen molar-refractivity contribution in [2.45, 2.75) is 4.90 Å². The molecule has 22 heavy (non-hydrogen) atoms. The van der Waals surface area contributed by atoms with E-state index in [2.05, 4.69) is 14.7 Å². The number of pyridine rings is 1. The number of aromatic nitrogens is 2. The molecular weight excluding hydrogens is 302 g/mol. The number of H-pyrrole nitrogens is 1. The Balaban J connectivity index is 1.97. The quantitative estimate of drug-likeness (QED) is 0.664. The lowest BCUT2D eigenvalue weighted by Crippen LogP contribution is -2.26. The number of fused-ring (bicyclic) bond motifs is 1. The van der Waals surface area contributed by atoms with Gasteiger partial charge < -0.3 is 10.1 Å². The summed E-state index contributed by atoms with van der Waals surface area (Å²) in [5, 5.41) is 9.70. The van der Waals surface area contributed by atoms with Crippen LogP contribution in [0.25, 0.3) is 22.2 Å². The highest BCUT2D eigenvalue weighted by atomic mass is 32.2. The monoisotopic (exact) mass is 317 g/mol. The summed E-state index contributed by atoms with van der Waals surface area (Å²) >= 11 is 0. The highest BCUT2D eigenvalue weighted by Crippen LogP contribution is 2.27. The summed E-state index contributed by atoms with van der Waals surface area (Å²) in [5.74, 6) is 0. The molecule has 3 aromatic rings. The first-order valence-electron chi connectivity index (χ1n) is 6.75. The topological polar surface area (TPSA) is 95.1 Å². The summed E-state index contributed by atoms with van der Waals surface area (Å²) in [6.07, 6.45) is 3.53. The van der Waals surface area contributed by atoms with Crippen molar-refractivity contribution in [3.63, 3.8) is 0 Å². The molecule has 6 nitrogen and oxygen atoms in total. The minimum absolute atomic E-state index is 0.00158. The Kier molecular flexibility index (Phi) is 3.93. The molecule has 0 aliphatic heterocycles. The molecule has 2 heterocycles. The second-order valence-electron chi connectivity index (χ2n) is 4.74. The molecule has 0 amide bonds. The average molecular weight is 317 g/mol. The van der Waals surface area contributed by atoms with Crippen LogP contribution in [0.2, 0.25) is 0 Å². The first-order valence-corrected chi connectivity index (χ1v) is 8.23. The predicted octanol–water partition coefficient (Wildman–Crippen LogP) is 1.50. The van der Waals surface area contributed by atoms with E-state index in [4.69, 9.17) is 5.11 Å². The molecule has 3 N–H and O–H groups in total. The maximum atomic E-state index is 12.0. The van der Waals surface area contributed by atoms with Crippen molar-refractivity contribution in [3.05, 3.63) is 48.8 Å². The molecule has 1 aromatic carbocycles. The van der Waals surface area contributed by atoms with E-state index in [9.17, 15) is 8.42 Å². The zero-order valence-corrected chi connectivity index (χ0v) is 12.5. The highest BCUT2D eigenvalue weighted by molar-refractivity contribution is 7.89. The molecule has 3 rings (SSSR count). The number of benzene rings is 1. The average Bonchev–Trinajstić information content (AvgIpc) is 3.01. The summed E-state index contributed by atoms with van der Waals surface area (Å²) in [6, 6.07) is 10.4. The van der Waals surface area contributed by atoms with Crippen LogP contribution < -0.4 is 4.72 Å². The Morgan fingerprint density at radius 1 is 1.14 bits per heavy atom. The van der Waals surface area contributed by atoms with Crippen molar-refractivity contribution >= 4 is 21.1 Å². The summed E-state index contributed by atoms with van der Waals surface area (Å²) in [5.41, 5.74) is 2.69. The van der Waals surface area contributed by atoms with Crippen molar-refractivity contribution in [1.82, 2.24) is 14.7 Å². The highest BCUT2D eigenvalue weighted by Gasteiger charge is 2.13. The van der Waals surface area contributed by atoms with Gasteiger partial charge in [-0.25, -0.2) is 18.1 Å². The maximum absolute atomic E-state index is 12.0. The van der Waals surface area contributed by atoms with Crippen LogP contribution in [0.15, 0.2) is 53.7 Å². The van der Waals surface area contributed by atoms with Gasteiger partial charge in [-0.3, -0.25) is 0 Å². The number of hydrogen-bond donors (Lipinski definition) is 3. The van der Waals surface area contributed by atoms with Gasteiger partial charge in [-0.05, 0) is 35.4 Å². The van der Waals surface area contributed by atoms with E-state index in [0.717, 1.165) is 22.2 Å². The number of aliphatic hydroxyl groups excluding tert-OH is 1. The van der Waals surface area contributed by atoms with Crippen LogP contribution >= 0.6 is 0 Å². The zero-order valence-electron chi connectivity index (χ0n) is 11.7. The van der Waals surface area contributed by atoms with Crippen LogP contribution in [0.4, 0.5) is 0 Å². The Hall–Kier alpha value is -2.22. The van der Waals surface area contributed by atoms with Crippen LogP contribution in [-0.2, 0) is 10.0 Å². The third kappa shape index (κ3) is 2.74. The lowest BCUT2D eigenvalue weighted by molar-refractivity contribution is 0.301. The lowest BCUT2D eigenvalue weighted by atomic mass is 10.0. The fraction of sp³-hybridized carbons (Fsp3) is 0.133. The second kappa shape index (κ2) is 5.88. The van der Waals surface area contributed by atoms with Crippen LogP contribution in [0, 0.1) is 0 Å². The molecular formula is C15H15N3O3S. The molecule has 0 saturated heterocycles. The Bertz CT molecular complexity index is 886. The summed E-state index contributed by atoms with van der Waals surface area (Å²) in [4.78, 5) is 7.45. The minimum Gasteiger partial charge on any atom is -0.395 e. The molecule has 0 atom stereocenters. The Morgan fingerprint density at radius 3 is 2.64 bits per heavy atom. The fourth-order valence-electron chi connectivity index (χ4n) is 2.29. The van der Waals surface area contributed by atoms with Crippen LogP contribution in [0.3, 0.4) is 0 Å². The van der Waals surface area contributed by atoms with E-state index in [-0.39, 0.29) is 18.0 Å². The van der Waals surface area contributed by atoms with Crippen molar-refractivity contribution in [2.24, 2.45) is 0 Å². The summed E-state index contributed by atoms with van der Waals surface area (Å²) in [6.45, 7) is -0.238. The molecule has 2 aromatic heterocycles. The maximum Gasteiger partial charge on any atom is 0.240 e. The number of hydrogen-bond acceptors (Lipinski definition) is 4. The van der Waals surface area contributed by atoms with Crippen LogP contribution in [-0.4, -0.2) is 36.6 Å². The number of sulfonamides is 1. The Morgan fingerprint density at radius 2 is 1.91 bits per heavy atom. The minimum atomic E-state index is -3.58. The van der Waals surface area contributed by atoms with Crippen molar-refractivity contribution in [2.75, 3.05) is 13.2 Å². The summed E-state index contributed by atoms with van der Waals surface area (Å²) in [7, 11) is -3.58. The predicted molar refractivity (Wildman–Crippen MR) is 83.8 cm³/mol. The molecule has 0 fully saturated rings. The number of aliphatic hydroxyl groups is 1. The van der Waals surface area contributed by atoms with Crippen LogP contribution in [0.5, 0.6) is 0 Å². The van der Waals surface area contributed by atoms with Gasteiger partial charge in [0.05, 0.1) is 11.5 Å². The van der Waals surface area contributed by atoms with E-state index in [1.165, 1.54) is 0 Å². The second-order valence-corrected chi connectivity index (χ2v) is 6.51. The number of nitrogens with zero attached hydrogens (tertiary/aromatic N) is 1. The molecule has 0 aliphatic rings. The van der Waals surface area contributed by atoms with Crippen molar-refractivity contribution in [1.29, 1.82) is 0 Å². The van der Waals surface area contributed by atoms with E-state index in [1.54, 1.807) is 30.5 Å². The van der Waals surface area contributed by atoms with Gasteiger partial charge in [-0.1, -0.05) is 12.1 Å². The molecule has 0 aliphatic carbocycles. The molecule has 0 bridgehead atoms. The molecule has 7 heteroatoms. The Labute approximate surface area is 127 Å². The first-order chi connectivity index (χ1) is 10.6. The van der Waals surface area contributed by atoms with Gasteiger partial charge in [0.15, 0.2) is 0 Å². The van der Waals surface area contributed by atoms with Gasteiger partial charge in [-0.15, -0.1) is 0 Å². The SMILES string of the molecule is O=S(=O)(NCCO)c1ccc(-c2ccnc3[nH]ccc23)cc1. The molecule has 0 saturated carbocycles. The van der Waals surface area contributed by atoms with Gasteiger partial charge >= 0.3 is 0 Å². The van der Waals surface area contributed by atoms with Gasteiger partial charge in [-0.2, -0.15) is 0 Å². The standard InChI is InChI=1S/C15H15N3O3S/c19-10-9-18-22(20,21)12-3-1-11(2-4-12)13-5-7-16-15-14(13)6-8-17-15/h1-8,18-19H,9-10H2,(H,16,17). The third-order valence-corrected chi connectivity index (χ3v) is 4.82. The molecule has 114 valence electrons. The van der Waals surface area contributed by atoms with Crippen molar-refractivity contribution < 1.29 is 13.5 Å². The van der Waals surface area contributed by atoms with E-state index >= 15 is 0 Å². The largest absolute Gasteiger partial charge is 0.395 e. The molecule has 0 unspecified atom stereocenters. The first kappa shape index (κ1) is 14.7. The van der Waals surface area contributed by atoms with Gasteiger partial charge in [0.25, 0.3) is 0 Å². The van der Waals surface area contributed by atoms with Gasteiger partial charge in [0.1, 0.15) is 5.65 Å². The zero-order chi connectivity index (χ0) is 15.6. The smallest absolute Gasteiger partial charge is 0.240 e.